The number of likely N-dealkylation sites (tertiary alicyclic amines) is 1. The van der Waals surface area contributed by atoms with Crippen molar-refractivity contribution in [3.63, 3.8) is 0 Å². The van der Waals surface area contributed by atoms with E-state index < -0.39 is 17.3 Å². The van der Waals surface area contributed by atoms with Crippen LogP contribution in [-0.4, -0.2) is 84.1 Å². The van der Waals surface area contributed by atoms with Crippen LogP contribution in [0, 0.1) is 5.82 Å². The molecule has 0 aromatic heterocycles. The second-order valence-electron chi connectivity index (χ2n) is 7.35. The third-order valence-corrected chi connectivity index (χ3v) is 5.34. The van der Waals surface area contributed by atoms with E-state index in [0.717, 1.165) is 0 Å². The van der Waals surface area contributed by atoms with Gasteiger partial charge in [0.15, 0.2) is 5.60 Å². The largest absolute Gasteiger partial charge is 0.497 e. The van der Waals surface area contributed by atoms with Crippen molar-refractivity contribution in [1.82, 2.24) is 14.7 Å². The number of ether oxygens (including phenoxy) is 1. The van der Waals surface area contributed by atoms with Crippen LogP contribution in [0.2, 0.25) is 0 Å². The zero-order chi connectivity index (χ0) is 19.6. The maximum absolute atomic E-state index is 14.1. The van der Waals surface area contributed by atoms with Crippen molar-refractivity contribution in [2.75, 3.05) is 46.9 Å². The van der Waals surface area contributed by atoms with E-state index in [-0.39, 0.29) is 25.5 Å². The number of hydrogen-bond acceptors (Lipinski definition) is 5. The summed E-state index contributed by atoms with van der Waals surface area (Å²) in [5, 5.41) is 11.0. The molecule has 1 atom stereocenters. The van der Waals surface area contributed by atoms with Crippen LogP contribution in [0.15, 0.2) is 18.2 Å². The molecular formula is C19H26FN3O4. The molecule has 1 N–H and O–H groups in total. The molecule has 1 aromatic carbocycles. The van der Waals surface area contributed by atoms with E-state index in [9.17, 15) is 19.1 Å². The van der Waals surface area contributed by atoms with Gasteiger partial charge in [-0.25, -0.2) is 4.39 Å². The minimum atomic E-state index is -1.55. The number of amides is 2. The monoisotopic (exact) mass is 379 g/mol. The fraction of sp³-hybridized carbons (Fsp3) is 0.579. The minimum absolute atomic E-state index is 0.0246. The Kier molecular flexibility index (Phi) is 5.67. The number of halogens is 1. The number of piperazine rings is 1. The second kappa shape index (κ2) is 7.82. The maximum Gasteiger partial charge on any atom is 0.256 e. The fourth-order valence-electron chi connectivity index (χ4n) is 3.68. The molecule has 1 aromatic rings. The minimum Gasteiger partial charge on any atom is -0.497 e. The average molecular weight is 379 g/mol. The van der Waals surface area contributed by atoms with E-state index in [2.05, 4.69) is 0 Å². The van der Waals surface area contributed by atoms with Crippen LogP contribution in [0.3, 0.4) is 0 Å². The van der Waals surface area contributed by atoms with Crippen LogP contribution >= 0.6 is 0 Å². The second-order valence-corrected chi connectivity index (χ2v) is 7.35. The number of rotatable bonds is 5. The molecule has 3 rings (SSSR count). The Morgan fingerprint density at radius 1 is 1.26 bits per heavy atom. The first kappa shape index (κ1) is 19.6. The molecular weight excluding hydrogens is 353 g/mol. The number of aliphatic hydroxyl groups is 1. The summed E-state index contributed by atoms with van der Waals surface area (Å²) in [6, 6.07) is 4.40. The Bertz CT molecular complexity index is 729. The van der Waals surface area contributed by atoms with Crippen molar-refractivity contribution in [3.8, 4) is 5.75 Å². The molecule has 0 saturated carbocycles. The van der Waals surface area contributed by atoms with Gasteiger partial charge in [0.25, 0.3) is 5.91 Å². The van der Waals surface area contributed by atoms with Gasteiger partial charge in [-0.1, -0.05) is 0 Å². The van der Waals surface area contributed by atoms with Crippen LogP contribution in [0.5, 0.6) is 5.75 Å². The molecule has 2 aliphatic rings. The lowest BCUT2D eigenvalue weighted by Gasteiger charge is -2.42. The number of carbonyl (C=O) groups excluding carboxylic acids is 2. The Morgan fingerprint density at radius 2 is 2.04 bits per heavy atom. The highest BCUT2D eigenvalue weighted by atomic mass is 19.1. The van der Waals surface area contributed by atoms with Crippen molar-refractivity contribution in [1.29, 1.82) is 0 Å². The molecule has 2 heterocycles. The van der Waals surface area contributed by atoms with Gasteiger partial charge in [-0.2, -0.15) is 0 Å². The van der Waals surface area contributed by atoms with E-state index in [4.69, 9.17) is 4.74 Å². The van der Waals surface area contributed by atoms with E-state index >= 15 is 0 Å². The third-order valence-electron chi connectivity index (χ3n) is 5.34. The van der Waals surface area contributed by atoms with E-state index in [1.807, 2.05) is 4.90 Å². The molecule has 27 heavy (non-hydrogen) atoms. The average Bonchev–Trinajstić information content (AvgIpc) is 2.64. The van der Waals surface area contributed by atoms with Crippen LogP contribution in [0.25, 0.3) is 0 Å². The van der Waals surface area contributed by atoms with Gasteiger partial charge in [0.2, 0.25) is 5.91 Å². The van der Waals surface area contributed by atoms with Gasteiger partial charge in [0.1, 0.15) is 11.6 Å². The molecule has 2 saturated heterocycles. The number of benzene rings is 1. The summed E-state index contributed by atoms with van der Waals surface area (Å²) in [4.78, 5) is 29.8. The fourth-order valence-corrected chi connectivity index (χ4v) is 3.68. The van der Waals surface area contributed by atoms with Gasteiger partial charge in [-0.15, -0.1) is 0 Å². The molecule has 0 aliphatic carbocycles. The zero-order valence-electron chi connectivity index (χ0n) is 15.8. The molecule has 2 aliphatic heterocycles. The highest BCUT2D eigenvalue weighted by molar-refractivity contribution is 5.86. The van der Waals surface area contributed by atoms with Crippen molar-refractivity contribution < 1.29 is 23.8 Å². The van der Waals surface area contributed by atoms with Crippen molar-refractivity contribution in [3.05, 3.63) is 29.6 Å². The molecule has 7 nitrogen and oxygen atoms in total. The SMILES string of the molecule is COc1ccc(F)c(CN2CCC[C@@](O)(CN3CCN(C)C(=O)C3)C2=O)c1. The Hall–Kier alpha value is -2.19. The first-order valence-electron chi connectivity index (χ1n) is 9.13. The van der Waals surface area contributed by atoms with Gasteiger partial charge in [0.05, 0.1) is 13.7 Å². The summed E-state index contributed by atoms with van der Waals surface area (Å²) < 4.78 is 19.3. The smallest absolute Gasteiger partial charge is 0.256 e. The molecule has 0 unspecified atom stereocenters. The summed E-state index contributed by atoms with van der Waals surface area (Å²) >= 11 is 0. The number of nitrogens with zero attached hydrogens (tertiary/aromatic N) is 3. The Labute approximate surface area is 158 Å². The van der Waals surface area contributed by atoms with Crippen LogP contribution in [-0.2, 0) is 16.1 Å². The zero-order valence-corrected chi connectivity index (χ0v) is 15.8. The lowest BCUT2D eigenvalue weighted by molar-refractivity contribution is -0.162. The summed E-state index contributed by atoms with van der Waals surface area (Å²) in [6.07, 6.45) is 0.957. The highest BCUT2D eigenvalue weighted by Gasteiger charge is 2.44. The van der Waals surface area contributed by atoms with Gasteiger partial charge >= 0.3 is 0 Å². The van der Waals surface area contributed by atoms with E-state index in [0.29, 0.717) is 43.8 Å². The number of hydrogen-bond donors (Lipinski definition) is 1. The van der Waals surface area contributed by atoms with Crippen LogP contribution in [0.4, 0.5) is 4.39 Å². The number of methoxy groups -OCH3 is 1. The molecule has 2 amide bonds. The molecule has 0 spiro atoms. The summed E-state index contributed by atoms with van der Waals surface area (Å²) in [5.74, 6) is -0.338. The normalized spacial score (nSPS) is 24.4. The molecule has 0 radical (unpaired) electrons. The Balaban J connectivity index is 1.70. The number of piperidine rings is 1. The predicted octanol–water partition coefficient (Wildman–Crippen LogP) is 0.462. The quantitative estimate of drug-likeness (QED) is 0.805. The van der Waals surface area contributed by atoms with E-state index in [1.165, 1.54) is 24.1 Å². The van der Waals surface area contributed by atoms with Crippen molar-refractivity contribution in [2.24, 2.45) is 0 Å². The molecule has 148 valence electrons. The first-order chi connectivity index (χ1) is 12.8. The number of carbonyl (C=O) groups is 2. The standard InChI is InChI=1S/C19H26FN3O4/c1-21-8-9-22(12-17(21)24)13-19(26)6-3-7-23(18(19)25)11-14-10-15(27-2)4-5-16(14)20/h4-5,10,26H,3,6-9,11-13H2,1-2H3/t19-/m1/s1. The summed E-state index contributed by atoms with van der Waals surface area (Å²) in [6.45, 7) is 2.02. The Morgan fingerprint density at radius 3 is 2.74 bits per heavy atom. The predicted molar refractivity (Wildman–Crippen MR) is 96.6 cm³/mol. The summed E-state index contributed by atoms with van der Waals surface area (Å²) in [5.41, 5.74) is -1.20. The van der Waals surface area contributed by atoms with Gasteiger partial charge in [-0.3, -0.25) is 14.5 Å². The topological polar surface area (TPSA) is 73.3 Å². The first-order valence-corrected chi connectivity index (χ1v) is 9.13. The van der Waals surface area contributed by atoms with Gasteiger partial charge < -0.3 is 19.6 Å². The molecule has 8 heteroatoms. The molecule has 2 fully saturated rings. The van der Waals surface area contributed by atoms with Crippen molar-refractivity contribution >= 4 is 11.8 Å². The van der Waals surface area contributed by atoms with E-state index in [1.54, 1.807) is 18.0 Å². The number of β-amino-alcohol motifs (C(OH)–C–C–N with tert-alkyl or cyclic N) is 1. The van der Waals surface area contributed by atoms with Crippen molar-refractivity contribution in [2.45, 2.75) is 25.0 Å². The van der Waals surface area contributed by atoms with Gasteiger partial charge in [-0.05, 0) is 31.0 Å². The molecule has 0 bridgehead atoms. The summed E-state index contributed by atoms with van der Waals surface area (Å²) in [7, 11) is 3.24. The lowest BCUT2D eigenvalue weighted by atomic mass is 9.90. The lowest BCUT2D eigenvalue weighted by Crippen LogP contribution is -2.61. The highest BCUT2D eigenvalue weighted by Crippen LogP contribution is 2.27. The van der Waals surface area contributed by atoms with Crippen LogP contribution < -0.4 is 4.74 Å². The third kappa shape index (κ3) is 4.22. The number of likely N-dealkylation sites (N-methyl/N-ethyl adjacent to an activating group) is 1. The van der Waals surface area contributed by atoms with Crippen LogP contribution in [0.1, 0.15) is 18.4 Å². The maximum atomic E-state index is 14.1. The van der Waals surface area contributed by atoms with Gasteiger partial charge in [0, 0.05) is 45.3 Å².